The van der Waals surface area contributed by atoms with E-state index in [0.29, 0.717) is 10.3 Å². The molecule has 0 N–H and O–H groups in total. The predicted molar refractivity (Wildman–Crippen MR) is 73.9 cm³/mol. The van der Waals surface area contributed by atoms with Crippen LogP contribution < -0.4 is 5.30 Å². The van der Waals surface area contributed by atoms with E-state index >= 15 is 0 Å². The van der Waals surface area contributed by atoms with Crippen molar-refractivity contribution in [2.24, 2.45) is 0 Å². The van der Waals surface area contributed by atoms with Crippen LogP contribution in [0.3, 0.4) is 0 Å². The van der Waals surface area contributed by atoms with Gasteiger partial charge in [-0.05, 0) is 0 Å². The minimum atomic E-state index is -1.68. The van der Waals surface area contributed by atoms with Crippen LogP contribution in [0, 0.1) is 0 Å². The van der Waals surface area contributed by atoms with Crippen molar-refractivity contribution in [3.05, 3.63) is 30.3 Å². The molecular weight excluding hydrogens is 306 g/mol. The van der Waals surface area contributed by atoms with E-state index in [1.807, 2.05) is 0 Å². The van der Waals surface area contributed by atoms with Crippen LogP contribution in [-0.4, -0.2) is 10.3 Å². The van der Waals surface area contributed by atoms with Gasteiger partial charge in [-0.2, -0.15) is 0 Å². The summed E-state index contributed by atoms with van der Waals surface area (Å²) in [6.45, 7) is 14.2. The van der Waals surface area contributed by atoms with Gasteiger partial charge in [0.2, 0.25) is 0 Å². The minimum absolute atomic E-state index is 0.315. The Morgan fingerprint density at radius 1 is 0.812 bits per heavy atom. The van der Waals surface area contributed by atoms with Gasteiger partial charge in [-0.3, -0.25) is 0 Å². The first-order valence-corrected chi connectivity index (χ1v) is 9.97. The molecule has 0 aliphatic heterocycles. The van der Waals surface area contributed by atoms with Crippen molar-refractivity contribution in [1.82, 2.24) is 0 Å². The Balaban J connectivity index is 3.39. The Kier molecular flexibility index (Phi) is 4.07. The van der Waals surface area contributed by atoms with Gasteiger partial charge in [0.05, 0.1) is 0 Å². The monoisotopic (exact) mass is 329 g/mol. The fraction of sp³-hybridized carbons (Fsp3) is 0.571. The third-order valence-electron chi connectivity index (χ3n) is 3.13. The molecule has 0 fully saturated rings. The molecule has 0 saturated carbocycles. The van der Waals surface area contributed by atoms with Gasteiger partial charge in [0.25, 0.3) is 0 Å². The summed E-state index contributed by atoms with van der Waals surface area (Å²) in [5, 5.41) is 2.14. The average molecular weight is 330 g/mol. The predicted octanol–water partition coefficient (Wildman–Crippen LogP) is 4.12. The second-order valence-corrected chi connectivity index (χ2v) is 14.8. The fourth-order valence-electron chi connectivity index (χ4n) is 2.65. The van der Waals surface area contributed by atoms with Crippen LogP contribution in [0.1, 0.15) is 41.5 Å². The molecule has 16 heavy (non-hydrogen) atoms. The molecule has 0 atom stereocenters. The molecule has 0 radical (unpaired) electrons. The molecule has 95 valence electrons. The Hall–Kier alpha value is 0.312. The molecule has 0 amide bonds. The van der Waals surface area contributed by atoms with Gasteiger partial charge in [0.15, 0.2) is 0 Å². The van der Waals surface area contributed by atoms with E-state index in [0.717, 1.165) is 0 Å². The summed E-state index contributed by atoms with van der Waals surface area (Å²) in [6.07, 6.45) is 0. The Bertz CT molecular complexity index is 329. The van der Waals surface area contributed by atoms with Gasteiger partial charge in [0, 0.05) is 0 Å². The second kappa shape index (κ2) is 4.53. The number of hydrogen-bond donors (Lipinski definition) is 0. The zero-order chi connectivity index (χ0) is 12.6. The molecule has 0 aliphatic rings. The van der Waals surface area contributed by atoms with Gasteiger partial charge in [0.1, 0.15) is 0 Å². The normalized spacial score (nSPS) is 15.0. The molecule has 0 bridgehead atoms. The summed E-state index contributed by atoms with van der Waals surface area (Å²) in [5.41, 5.74) is -1.68. The molecule has 1 aromatic carbocycles. The molecule has 0 aliphatic carbocycles. The first-order chi connectivity index (χ1) is 7.11. The zero-order valence-corrected chi connectivity index (χ0v) is 13.8. The van der Waals surface area contributed by atoms with Crippen LogP contribution in [0.15, 0.2) is 30.3 Å². The van der Waals surface area contributed by atoms with Crippen molar-refractivity contribution in [1.29, 1.82) is 0 Å². The summed E-state index contributed by atoms with van der Waals surface area (Å²) in [5.74, 6) is 0. The van der Waals surface area contributed by atoms with Crippen molar-refractivity contribution < 1.29 is 18.7 Å². The van der Waals surface area contributed by atoms with Crippen molar-refractivity contribution in [2.75, 3.05) is 0 Å². The van der Waals surface area contributed by atoms with E-state index in [2.05, 4.69) is 90.6 Å². The molecule has 0 nitrogen and oxygen atoms in total. The molecule has 2 heteroatoms. The molecule has 1 rings (SSSR count). The summed E-state index contributed by atoms with van der Waals surface area (Å²) in [4.78, 5) is 0. The van der Waals surface area contributed by atoms with Crippen molar-refractivity contribution in [3.8, 4) is 0 Å². The number of rotatable bonds is 1. The Morgan fingerprint density at radius 3 is 1.50 bits per heavy atom. The van der Waals surface area contributed by atoms with Crippen LogP contribution in [0.5, 0.6) is 0 Å². The number of benzene rings is 1. The third-order valence-corrected chi connectivity index (χ3v) is 16.5. The van der Waals surface area contributed by atoms with Crippen molar-refractivity contribution in [3.63, 3.8) is 0 Å². The van der Waals surface area contributed by atoms with E-state index < -0.39 is 5.45 Å². The Labute approximate surface area is 111 Å². The maximum atomic E-state index is 3.84. The molecule has 1 aromatic rings. The van der Waals surface area contributed by atoms with Crippen LogP contribution in [0.2, 0.25) is 0 Å². The molecule has 0 spiro atoms. The molecule has 0 saturated heterocycles. The van der Waals surface area contributed by atoms with Crippen molar-refractivity contribution in [2.45, 2.75) is 51.9 Å². The van der Waals surface area contributed by atoms with Crippen LogP contribution >= 0.6 is 5.45 Å². The van der Waals surface area contributed by atoms with Crippen molar-refractivity contribution >= 4 is 10.8 Å². The quantitative estimate of drug-likeness (QED) is 0.537. The summed E-state index contributed by atoms with van der Waals surface area (Å²) in [7, 11) is 0. The first kappa shape index (κ1) is 14.4. The molecule has 0 aromatic heterocycles. The van der Waals surface area contributed by atoms with Crippen LogP contribution in [0.25, 0.3) is 0 Å². The standard InChI is InChI=1S/C14H23P.Pd/c1-13(2,3)15(14(4,5)6)12-10-8-7-9-11-12;/h7-11H,1-6H3;/q;-1/p+1. The third kappa shape index (κ3) is 2.43. The van der Waals surface area contributed by atoms with Gasteiger partial charge in [-0.15, -0.1) is 0 Å². The molecule has 0 heterocycles. The van der Waals surface area contributed by atoms with Gasteiger partial charge in [-0.25, -0.2) is 0 Å². The summed E-state index contributed by atoms with van der Waals surface area (Å²) < 4.78 is 0. The van der Waals surface area contributed by atoms with E-state index in [1.165, 1.54) is 5.30 Å². The second-order valence-electron chi connectivity index (χ2n) is 6.48. The zero-order valence-electron chi connectivity index (χ0n) is 11.2. The number of hydrogen-bond acceptors (Lipinski definition) is 0. The fourth-order valence-corrected chi connectivity index (χ4v) is 8.04. The molecular formula is C14H24PPd. The van der Waals surface area contributed by atoms with Crippen LogP contribution in [0.4, 0.5) is 0 Å². The van der Waals surface area contributed by atoms with Gasteiger partial charge >= 0.3 is 112 Å². The van der Waals surface area contributed by atoms with E-state index in [1.54, 1.807) is 0 Å². The first-order valence-electron chi connectivity index (χ1n) is 5.82. The van der Waals surface area contributed by atoms with Gasteiger partial charge in [-0.1, -0.05) is 0 Å². The maximum absolute atomic E-state index is 3.84. The van der Waals surface area contributed by atoms with E-state index in [9.17, 15) is 0 Å². The van der Waals surface area contributed by atoms with Crippen LogP contribution in [-0.2, 0) is 18.7 Å². The Morgan fingerprint density at radius 2 is 1.19 bits per heavy atom. The average Bonchev–Trinajstić information content (AvgIpc) is 2.14. The van der Waals surface area contributed by atoms with Gasteiger partial charge < -0.3 is 0 Å². The summed E-state index contributed by atoms with van der Waals surface area (Å²) >= 11 is 3.84. The SMILES string of the molecule is CC(C)(C)[PH]([Pd])(c1ccccc1)C(C)(C)C. The molecule has 0 unspecified atom stereocenters. The topological polar surface area (TPSA) is 0 Å². The van der Waals surface area contributed by atoms with E-state index in [-0.39, 0.29) is 0 Å². The summed E-state index contributed by atoms with van der Waals surface area (Å²) in [6, 6.07) is 11.0. The van der Waals surface area contributed by atoms with E-state index in [4.69, 9.17) is 0 Å².